The van der Waals surface area contributed by atoms with Crippen LogP contribution in [0, 0.1) is 12.7 Å². The maximum absolute atomic E-state index is 13.7. The quantitative estimate of drug-likeness (QED) is 0.904. The molecule has 1 atom stereocenters. The van der Waals surface area contributed by atoms with Crippen molar-refractivity contribution in [1.82, 2.24) is 5.32 Å². The lowest BCUT2D eigenvalue weighted by Crippen LogP contribution is -2.58. The summed E-state index contributed by atoms with van der Waals surface area (Å²) in [5.41, 5.74) is 1.20. The highest BCUT2D eigenvalue weighted by Gasteiger charge is 2.35. The number of hydrogen-bond acceptors (Lipinski definition) is 2. The van der Waals surface area contributed by atoms with Gasteiger partial charge in [0, 0.05) is 0 Å². The Morgan fingerprint density at radius 1 is 1.47 bits per heavy atom. The summed E-state index contributed by atoms with van der Waals surface area (Å²) in [6.45, 7) is 3.55. The van der Waals surface area contributed by atoms with Crippen molar-refractivity contribution in [3.05, 3.63) is 28.0 Å². The van der Waals surface area contributed by atoms with Crippen molar-refractivity contribution in [2.24, 2.45) is 0 Å². The van der Waals surface area contributed by atoms with Gasteiger partial charge in [0.2, 0.25) is 11.8 Å². The van der Waals surface area contributed by atoms with Crippen LogP contribution in [0.2, 0.25) is 0 Å². The van der Waals surface area contributed by atoms with E-state index in [2.05, 4.69) is 21.2 Å². The summed E-state index contributed by atoms with van der Waals surface area (Å²) in [5.74, 6) is -0.879. The van der Waals surface area contributed by atoms with Crippen molar-refractivity contribution in [2.75, 3.05) is 11.4 Å². The molecular formula is C13H14BrFN2O2. The molecular weight excluding hydrogens is 315 g/mol. The van der Waals surface area contributed by atoms with Gasteiger partial charge in [0.15, 0.2) is 0 Å². The molecule has 2 rings (SSSR count). The Hall–Kier alpha value is -1.43. The van der Waals surface area contributed by atoms with E-state index in [9.17, 15) is 14.0 Å². The number of piperazine rings is 1. The lowest BCUT2D eigenvalue weighted by atomic mass is 10.1. The summed E-state index contributed by atoms with van der Waals surface area (Å²) in [4.78, 5) is 25.2. The van der Waals surface area contributed by atoms with Gasteiger partial charge in [-0.25, -0.2) is 4.39 Å². The molecule has 0 saturated carbocycles. The standard InChI is InChI=1S/C13H14BrFN2O2/c1-3-10-13(19)16-6-12(18)17(10)11-5-9(15)8(14)4-7(11)2/h4-5,10H,3,6H2,1-2H3,(H,16,19). The van der Waals surface area contributed by atoms with Gasteiger partial charge in [-0.2, -0.15) is 0 Å². The van der Waals surface area contributed by atoms with Gasteiger partial charge < -0.3 is 5.32 Å². The summed E-state index contributed by atoms with van der Waals surface area (Å²) >= 11 is 3.11. The molecule has 1 aromatic carbocycles. The number of carbonyl (C=O) groups is 2. The van der Waals surface area contributed by atoms with Crippen molar-refractivity contribution in [1.29, 1.82) is 0 Å². The molecule has 0 aliphatic carbocycles. The minimum Gasteiger partial charge on any atom is -0.345 e. The second-order valence-electron chi connectivity index (χ2n) is 4.46. The minimum atomic E-state index is -0.583. The molecule has 0 bridgehead atoms. The first-order chi connectivity index (χ1) is 8.95. The average Bonchev–Trinajstić information content (AvgIpc) is 2.36. The number of hydrogen-bond donors (Lipinski definition) is 1. The Balaban J connectivity index is 2.51. The molecule has 1 N–H and O–H groups in total. The molecule has 1 fully saturated rings. The fourth-order valence-corrected chi connectivity index (χ4v) is 2.68. The molecule has 2 amide bonds. The van der Waals surface area contributed by atoms with Gasteiger partial charge in [-0.1, -0.05) is 6.92 Å². The Morgan fingerprint density at radius 3 is 2.79 bits per heavy atom. The van der Waals surface area contributed by atoms with E-state index in [1.54, 1.807) is 13.0 Å². The first-order valence-electron chi connectivity index (χ1n) is 6.01. The van der Waals surface area contributed by atoms with Crippen LogP contribution in [0.3, 0.4) is 0 Å². The van der Waals surface area contributed by atoms with E-state index in [1.807, 2.05) is 6.92 Å². The smallest absolute Gasteiger partial charge is 0.247 e. The van der Waals surface area contributed by atoms with Crippen LogP contribution in [0.4, 0.5) is 10.1 Å². The van der Waals surface area contributed by atoms with Crippen molar-refractivity contribution < 1.29 is 14.0 Å². The largest absolute Gasteiger partial charge is 0.345 e. The van der Waals surface area contributed by atoms with E-state index >= 15 is 0 Å². The first kappa shape index (κ1) is 14.0. The maximum Gasteiger partial charge on any atom is 0.247 e. The number of anilines is 1. The van der Waals surface area contributed by atoms with E-state index in [0.717, 1.165) is 5.56 Å². The summed E-state index contributed by atoms with van der Waals surface area (Å²) in [6.07, 6.45) is 0.481. The topological polar surface area (TPSA) is 49.4 Å². The Bertz CT molecular complexity index is 548. The normalized spacial score (nSPS) is 19.6. The number of benzene rings is 1. The van der Waals surface area contributed by atoms with Crippen molar-refractivity contribution in [3.63, 3.8) is 0 Å². The monoisotopic (exact) mass is 328 g/mol. The first-order valence-corrected chi connectivity index (χ1v) is 6.80. The van der Waals surface area contributed by atoms with Crippen molar-refractivity contribution in [2.45, 2.75) is 26.3 Å². The average molecular weight is 329 g/mol. The molecule has 1 aromatic rings. The molecule has 0 radical (unpaired) electrons. The predicted octanol–water partition coefficient (Wildman–Crippen LogP) is 2.14. The third kappa shape index (κ3) is 2.49. The Labute approximate surface area is 119 Å². The van der Waals surface area contributed by atoms with Gasteiger partial charge in [-0.15, -0.1) is 0 Å². The van der Waals surface area contributed by atoms with Crippen LogP contribution in [-0.4, -0.2) is 24.4 Å². The molecule has 4 nitrogen and oxygen atoms in total. The number of rotatable bonds is 2. The molecule has 19 heavy (non-hydrogen) atoms. The van der Waals surface area contributed by atoms with Crippen molar-refractivity contribution in [3.8, 4) is 0 Å². The van der Waals surface area contributed by atoms with Crippen LogP contribution < -0.4 is 10.2 Å². The highest BCUT2D eigenvalue weighted by atomic mass is 79.9. The van der Waals surface area contributed by atoms with Crippen LogP contribution in [0.5, 0.6) is 0 Å². The van der Waals surface area contributed by atoms with E-state index in [0.29, 0.717) is 16.6 Å². The molecule has 1 unspecified atom stereocenters. The summed E-state index contributed by atoms with van der Waals surface area (Å²) in [6, 6.07) is 2.32. The van der Waals surface area contributed by atoms with Crippen LogP contribution in [0.1, 0.15) is 18.9 Å². The van der Waals surface area contributed by atoms with Gasteiger partial charge in [-0.3, -0.25) is 14.5 Å². The van der Waals surface area contributed by atoms with E-state index in [1.165, 1.54) is 11.0 Å². The zero-order chi connectivity index (χ0) is 14.2. The molecule has 0 spiro atoms. The Morgan fingerprint density at radius 2 is 2.16 bits per heavy atom. The maximum atomic E-state index is 13.7. The molecule has 1 heterocycles. The molecule has 1 aliphatic heterocycles. The Kier molecular flexibility index (Phi) is 3.89. The van der Waals surface area contributed by atoms with Gasteiger partial charge in [-0.05, 0) is 47.0 Å². The second-order valence-corrected chi connectivity index (χ2v) is 5.31. The van der Waals surface area contributed by atoms with Gasteiger partial charge in [0.1, 0.15) is 11.9 Å². The lowest BCUT2D eigenvalue weighted by molar-refractivity contribution is -0.131. The molecule has 1 saturated heterocycles. The van der Waals surface area contributed by atoms with Crippen molar-refractivity contribution >= 4 is 33.4 Å². The number of aryl methyl sites for hydroxylation is 1. The van der Waals surface area contributed by atoms with Gasteiger partial charge in [0.05, 0.1) is 16.7 Å². The molecule has 6 heteroatoms. The fraction of sp³-hybridized carbons (Fsp3) is 0.385. The van der Waals surface area contributed by atoms with Crippen LogP contribution in [-0.2, 0) is 9.59 Å². The van der Waals surface area contributed by atoms with Gasteiger partial charge in [0.25, 0.3) is 0 Å². The highest BCUT2D eigenvalue weighted by molar-refractivity contribution is 9.10. The summed E-state index contributed by atoms with van der Waals surface area (Å²) < 4.78 is 14.0. The van der Waals surface area contributed by atoms with E-state index < -0.39 is 11.9 Å². The summed E-state index contributed by atoms with van der Waals surface area (Å²) in [7, 11) is 0. The number of nitrogens with zero attached hydrogens (tertiary/aromatic N) is 1. The number of carbonyl (C=O) groups excluding carboxylic acids is 2. The number of nitrogens with one attached hydrogen (secondary N) is 1. The van der Waals surface area contributed by atoms with Crippen LogP contribution >= 0.6 is 15.9 Å². The molecule has 102 valence electrons. The van der Waals surface area contributed by atoms with Gasteiger partial charge >= 0.3 is 0 Å². The number of amides is 2. The lowest BCUT2D eigenvalue weighted by Gasteiger charge is -2.35. The van der Waals surface area contributed by atoms with Crippen LogP contribution in [0.25, 0.3) is 0 Å². The fourth-order valence-electron chi connectivity index (χ4n) is 2.22. The zero-order valence-corrected chi connectivity index (χ0v) is 12.3. The predicted molar refractivity (Wildman–Crippen MR) is 73.4 cm³/mol. The van der Waals surface area contributed by atoms with E-state index in [-0.39, 0.29) is 18.4 Å². The van der Waals surface area contributed by atoms with Crippen LogP contribution in [0.15, 0.2) is 16.6 Å². The third-order valence-electron chi connectivity index (χ3n) is 3.18. The molecule has 0 aromatic heterocycles. The summed E-state index contributed by atoms with van der Waals surface area (Å²) in [5, 5.41) is 2.54. The zero-order valence-electron chi connectivity index (χ0n) is 10.7. The number of halogens is 2. The third-order valence-corrected chi connectivity index (χ3v) is 3.79. The highest BCUT2D eigenvalue weighted by Crippen LogP contribution is 2.29. The van der Waals surface area contributed by atoms with E-state index in [4.69, 9.17) is 0 Å². The SMILES string of the molecule is CCC1C(=O)NCC(=O)N1c1cc(F)c(Br)cc1C. The minimum absolute atomic E-state index is 0.0492. The second kappa shape index (κ2) is 5.28. The molecule has 1 aliphatic rings.